The van der Waals surface area contributed by atoms with Crippen LogP contribution < -0.4 is 11.5 Å². The highest BCUT2D eigenvalue weighted by Crippen LogP contribution is 2.06. The minimum absolute atomic E-state index is 0.619. The average molecular weight is 136 g/mol. The third-order valence-electron chi connectivity index (χ3n) is 1.46. The fourth-order valence-electron chi connectivity index (χ4n) is 0.835. The van der Waals surface area contributed by atoms with Crippen molar-refractivity contribution >= 4 is 0 Å². The third-order valence-corrected chi connectivity index (χ3v) is 1.46. The summed E-state index contributed by atoms with van der Waals surface area (Å²) in [5.41, 5.74) is 13.0. The molecule has 2 heteroatoms. The zero-order valence-corrected chi connectivity index (χ0v) is 5.88. The lowest BCUT2D eigenvalue weighted by Crippen LogP contribution is -2.01. The first-order chi connectivity index (χ1) is 4.83. The molecule has 54 valence electrons. The molecule has 0 unspecified atom stereocenters. The molecule has 0 spiro atoms. The second-order valence-corrected chi connectivity index (χ2v) is 2.30. The van der Waals surface area contributed by atoms with Crippen LogP contribution in [0.5, 0.6) is 0 Å². The zero-order chi connectivity index (χ0) is 7.40. The smallest absolute Gasteiger partial charge is 0.0310 e. The van der Waals surface area contributed by atoms with Crippen LogP contribution in [0.3, 0.4) is 0 Å². The van der Waals surface area contributed by atoms with Crippen LogP contribution in [0, 0.1) is 0 Å². The van der Waals surface area contributed by atoms with Gasteiger partial charge in [0.25, 0.3) is 0 Å². The van der Waals surface area contributed by atoms with E-state index in [9.17, 15) is 0 Å². The molecule has 10 heavy (non-hydrogen) atoms. The van der Waals surface area contributed by atoms with E-state index in [0.717, 1.165) is 12.1 Å². The Labute approximate surface area is 60.9 Å². The van der Waals surface area contributed by atoms with Gasteiger partial charge >= 0.3 is 0 Å². The van der Waals surface area contributed by atoms with Crippen molar-refractivity contribution in [2.24, 2.45) is 11.5 Å². The number of nitrogens with two attached hydrogens (primary N) is 2. The van der Waals surface area contributed by atoms with Crippen LogP contribution >= 0.6 is 0 Å². The molecule has 0 amide bonds. The van der Waals surface area contributed by atoms with E-state index in [2.05, 4.69) is 0 Å². The number of rotatable bonds is 1. The summed E-state index contributed by atoms with van der Waals surface area (Å²) in [5, 5.41) is 0. The topological polar surface area (TPSA) is 52.0 Å². The maximum atomic E-state index is 5.54. The Morgan fingerprint density at radius 2 is 2.20 bits per heavy atom. The van der Waals surface area contributed by atoms with E-state index < -0.39 is 0 Å². The van der Waals surface area contributed by atoms with Gasteiger partial charge in [-0.1, -0.05) is 17.7 Å². The molecular weight excluding hydrogens is 124 g/mol. The lowest BCUT2D eigenvalue weighted by Gasteiger charge is -1.94. The second kappa shape index (κ2) is 3.22. The van der Waals surface area contributed by atoms with Crippen molar-refractivity contribution in [2.45, 2.75) is 6.42 Å². The Morgan fingerprint density at radius 1 is 1.40 bits per heavy atom. The first kappa shape index (κ1) is 7.09. The third kappa shape index (κ3) is 1.74. The fraction of sp³-hybridized carbons (Fsp3) is 0.250. The molecule has 0 aromatic rings. The van der Waals surface area contributed by atoms with Gasteiger partial charge < -0.3 is 11.5 Å². The van der Waals surface area contributed by atoms with Crippen molar-refractivity contribution in [3.05, 3.63) is 35.6 Å². The van der Waals surface area contributed by atoms with Gasteiger partial charge in [-0.15, -0.1) is 0 Å². The zero-order valence-electron chi connectivity index (χ0n) is 5.88. The van der Waals surface area contributed by atoms with E-state index in [1.165, 1.54) is 5.57 Å². The van der Waals surface area contributed by atoms with Gasteiger partial charge in [0.05, 0.1) is 0 Å². The first-order valence-corrected chi connectivity index (χ1v) is 3.34. The number of hydrogen-bond donors (Lipinski definition) is 2. The predicted molar refractivity (Wildman–Crippen MR) is 43.2 cm³/mol. The molecule has 4 N–H and O–H groups in total. The van der Waals surface area contributed by atoms with Crippen molar-refractivity contribution in [3.8, 4) is 0 Å². The summed E-state index contributed by atoms with van der Waals surface area (Å²) in [6.45, 7) is 0.619. The van der Waals surface area contributed by atoms with Crippen molar-refractivity contribution in [3.63, 3.8) is 0 Å². The molecule has 1 rings (SSSR count). The van der Waals surface area contributed by atoms with Gasteiger partial charge in [0, 0.05) is 12.2 Å². The van der Waals surface area contributed by atoms with Crippen molar-refractivity contribution in [2.75, 3.05) is 6.54 Å². The van der Waals surface area contributed by atoms with Crippen LogP contribution in [0.1, 0.15) is 6.42 Å². The molecule has 0 saturated heterocycles. The summed E-state index contributed by atoms with van der Waals surface area (Å²) in [7, 11) is 0. The van der Waals surface area contributed by atoms with Crippen molar-refractivity contribution < 1.29 is 0 Å². The molecule has 0 aliphatic heterocycles. The number of hydrogen-bond acceptors (Lipinski definition) is 2. The Hall–Kier alpha value is -1.02. The molecule has 0 saturated carbocycles. The van der Waals surface area contributed by atoms with Crippen molar-refractivity contribution in [1.29, 1.82) is 0 Å². The molecule has 0 heterocycles. The van der Waals surface area contributed by atoms with Gasteiger partial charge in [-0.2, -0.15) is 0 Å². The van der Waals surface area contributed by atoms with Gasteiger partial charge in [0.1, 0.15) is 0 Å². The van der Waals surface area contributed by atoms with Crippen LogP contribution in [-0.4, -0.2) is 6.54 Å². The summed E-state index contributed by atoms with van der Waals surface area (Å²) < 4.78 is 0. The molecule has 1 aliphatic carbocycles. The molecule has 0 aromatic heterocycles. The normalized spacial score (nSPS) is 17.7. The molecular formula is C8H12N2. The van der Waals surface area contributed by atoms with Crippen LogP contribution in [0.25, 0.3) is 0 Å². The highest BCUT2D eigenvalue weighted by Gasteiger charge is 1.93. The Kier molecular flexibility index (Phi) is 2.29. The summed E-state index contributed by atoms with van der Waals surface area (Å²) >= 11 is 0. The van der Waals surface area contributed by atoms with Crippen molar-refractivity contribution in [1.82, 2.24) is 0 Å². The first-order valence-electron chi connectivity index (χ1n) is 3.34. The van der Waals surface area contributed by atoms with Gasteiger partial charge in [0.15, 0.2) is 0 Å². The molecule has 0 fully saturated rings. The molecule has 0 radical (unpaired) electrons. The minimum Gasteiger partial charge on any atom is -0.399 e. The maximum absolute atomic E-state index is 5.54. The fourth-order valence-corrected chi connectivity index (χ4v) is 0.835. The van der Waals surface area contributed by atoms with E-state index >= 15 is 0 Å². The SMILES string of the molecule is NCC1=CC=C(N)C=CC1. The lowest BCUT2D eigenvalue weighted by molar-refractivity contribution is 1.07. The highest BCUT2D eigenvalue weighted by molar-refractivity contribution is 5.29. The summed E-state index contributed by atoms with van der Waals surface area (Å²) in [5.74, 6) is 0. The molecule has 0 aromatic carbocycles. The summed E-state index contributed by atoms with van der Waals surface area (Å²) in [4.78, 5) is 0. The predicted octanol–water partition coefficient (Wildman–Crippen LogP) is 0.674. The highest BCUT2D eigenvalue weighted by atomic mass is 14.6. The Morgan fingerprint density at radius 3 is 2.90 bits per heavy atom. The van der Waals surface area contributed by atoms with Crippen LogP contribution in [0.15, 0.2) is 35.6 Å². The lowest BCUT2D eigenvalue weighted by atomic mass is 10.2. The maximum Gasteiger partial charge on any atom is 0.0310 e. The Balaban J connectivity index is 2.74. The quantitative estimate of drug-likeness (QED) is 0.556. The monoisotopic (exact) mass is 136 g/mol. The summed E-state index contributed by atoms with van der Waals surface area (Å²) in [6, 6.07) is 0. The van der Waals surface area contributed by atoms with E-state index in [1.54, 1.807) is 0 Å². The van der Waals surface area contributed by atoms with Crippen LogP contribution in [0.4, 0.5) is 0 Å². The van der Waals surface area contributed by atoms with E-state index in [1.807, 2.05) is 24.3 Å². The van der Waals surface area contributed by atoms with E-state index in [0.29, 0.717) is 6.54 Å². The second-order valence-electron chi connectivity index (χ2n) is 2.30. The van der Waals surface area contributed by atoms with Gasteiger partial charge in [0.2, 0.25) is 0 Å². The largest absolute Gasteiger partial charge is 0.399 e. The van der Waals surface area contributed by atoms with Gasteiger partial charge in [-0.3, -0.25) is 0 Å². The molecule has 2 nitrogen and oxygen atoms in total. The average Bonchev–Trinajstić information content (AvgIpc) is 2.14. The molecule has 0 atom stereocenters. The van der Waals surface area contributed by atoms with Gasteiger partial charge in [-0.25, -0.2) is 0 Å². The summed E-state index contributed by atoms with van der Waals surface area (Å²) in [6.07, 6.45) is 8.71. The van der Waals surface area contributed by atoms with E-state index in [4.69, 9.17) is 11.5 Å². The Bertz CT molecular complexity index is 199. The minimum atomic E-state index is 0.619. The van der Waals surface area contributed by atoms with Gasteiger partial charge in [-0.05, 0) is 18.6 Å². The van der Waals surface area contributed by atoms with Crippen LogP contribution in [0.2, 0.25) is 0 Å². The van der Waals surface area contributed by atoms with Crippen LogP contribution in [-0.2, 0) is 0 Å². The van der Waals surface area contributed by atoms with E-state index in [-0.39, 0.29) is 0 Å². The molecule has 1 aliphatic rings. The number of allylic oxidation sites excluding steroid dienone is 4. The standard InChI is InChI=1S/C8H12N2/c9-6-7-2-1-3-8(10)5-4-7/h1,3-5H,2,6,9-10H2. The molecule has 0 bridgehead atoms.